The van der Waals surface area contributed by atoms with E-state index in [0.717, 1.165) is 37.5 Å². The zero-order valence-corrected chi connectivity index (χ0v) is 20.2. The Morgan fingerprint density at radius 2 is 1.43 bits per heavy atom. The molecule has 30 heavy (non-hydrogen) atoms. The molecule has 4 heteroatoms. The Kier molecular flexibility index (Phi) is 5.34. The van der Waals surface area contributed by atoms with Gasteiger partial charge in [-0.1, -0.05) is 41.5 Å². The average molecular weight is 417 g/mol. The quantitative estimate of drug-likeness (QED) is 0.560. The average Bonchev–Trinajstić information content (AvgIpc) is 3.18. The molecule has 4 aliphatic carbocycles. The van der Waals surface area contributed by atoms with E-state index in [4.69, 9.17) is 0 Å². The summed E-state index contributed by atoms with van der Waals surface area (Å²) in [7, 11) is 0. The van der Waals surface area contributed by atoms with Gasteiger partial charge >= 0.3 is 0 Å². The molecule has 0 heterocycles. The topological polar surface area (TPSA) is 58.2 Å². The number of hydrogen-bond acceptors (Lipinski definition) is 2. The van der Waals surface area contributed by atoms with Crippen LogP contribution in [0.4, 0.5) is 0 Å². The first-order valence-electron chi connectivity index (χ1n) is 12.5. The molecule has 0 radical (unpaired) electrons. The van der Waals surface area contributed by atoms with E-state index in [1.54, 1.807) is 0 Å². The minimum Gasteiger partial charge on any atom is -0.353 e. The standard InChI is InChI=1S/C26H44N2O2/c1-17-15-18-12-14-26(17,24(18,4)5)28-22(30)10-8-7-9-21(29)27-20-16-19-11-13-25(20,6)23(19,2)3/h17-20H,7-16H2,1-6H3,(H,27,29)(H,28,30). The van der Waals surface area contributed by atoms with Crippen LogP contribution in [0, 0.1) is 34.0 Å². The summed E-state index contributed by atoms with van der Waals surface area (Å²) in [6.45, 7) is 14.1. The fraction of sp³-hybridized carbons (Fsp3) is 0.923. The molecule has 6 unspecified atom stereocenters. The highest BCUT2D eigenvalue weighted by molar-refractivity contribution is 5.78. The normalized spacial score (nSPS) is 42.5. The van der Waals surface area contributed by atoms with E-state index >= 15 is 0 Å². The fourth-order valence-electron chi connectivity index (χ4n) is 8.29. The Balaban J connectivity index is 1.20. The number of carbonyl (C=O) groups is 2. The molecule has 4 aliphatic rings. The molecule has 0 aromatic carbocycles. The summed E-state index contributed by atoms with van der Waals surface area (Å²) in [6.07, 6.45) is 9.95. The Morgan fingerprint density at radius 3 is 1.93 bits per heavy atom. The lowest BCUT2D eigenvalue weighted by atomic mass is 9.69. The van der Waals surface area contributed by atoms with Gasteiger partial charge in [-0.3, -0.25) is 9.59 Å². The monoisotopic (exact) mass is 416 g/mol. The summed E-state index contributed by atoms with van der Waals surface area (Å²) in [5.41, 5.74) is 0.742. The summed E-state index contributed by atoms with van der Waals surface area (Å²) >= 11 is 0. The van der Waals surface area contributed by atoms with Crippen molar-refractivity contribution >= 4 is 11.8 Å². The molecule has 0 aromatic rings. The van der Waals surface area contributed by atoms with Crippen LogP contribution in [0.25, 0.3) is 0 Å². The molecule has 6 atom stereocenters. The van der Waals surface area contributed by atoms with Crippen LogP contribution < -0.4 is 10.6 Å². The minimum atomic E-state index is -0.0177. The maximum Gasteiger partial charge on any atom is 0.220 e. The van der Waals surface area contributed by atoms with E-state index in [-0.39, 0.29) is 28.2 Å². The lowest BCUT2D eigenvalue weighted by molar-refractivity contribution is -0.126. The van der Waals surface area contributed by atoms with Gasteiger partial charge in [0.15, 0.2) is 0 Å². The number of hydrogen-bond donors (Lipinski definition) is 2. The summed E-state index contributed by atoms with van der Waals surface area (Å²) in [6, 6.07) is 0.322. The number of unbranched alkanes of at least 4 members (excludes halogenated alkanes) is 1. The number of fused-ring (bicyclic) bond motifs is 4. The van der Waals surface area contributed by atoms with Crippen molar-refractivity contribution in [2.75, 3.05) is 0 Å². The summed E-state index contributed by atoms with van der Waals surface area (Å²) in [5.74, 6) is 2.41. The van der Waals surface area contributed by atoms with Crippen molar-refractivity contribution in [2.45, 2.75) is 117 Å². The molecule has 4 saturated carbocycles. The molecule has 0 saturated heterocycles. The molecular formula is C26H44N2O2. The zero-order chi connectivity index (χ0) is 21.9. The Morgan fingerprint density at radius 1 is 0.833 bits per heavy atom. The Hall–Kier alpha value is -1.06. The maximum absolute atomic E-state index is 12.7. The Bertz CT molecular complexity index is 714. The molecule has 0 aromatic heterocycles. The van der Waals surface area contributed by atoms with E-state index < -0.39 is 0 Å². The van der Waals surface area contributed by atoms with Gasteiger partial charge in [0.05, 0.1) is 0 Å². The van der Waals surface area contributed by atoms with Crippen molar-refractivity contribution < 1.29 is 9.59 Å². The van der Waals surface area contributed by atoms with Crippen LogP contribution >= 0.6 is 0 Å². The molecule has 4 nitrogen and oxygen atoms in total. The van der Waals surface area contributed by atoms with Gasteiger partial charge in [-0.2, -0.15) is 0 Å². The van der Waals surface area contributed by atoms with Crippen LogP contribution in [0.3, 0.4) is 0 Å². The van der Waals surface area contributed by atoms with Crippen molar-refractivity contribution in [3.05, 3.63) is 0 Å². The van der Waals surface area contributed by atoms with Crippen molar-refractivity contribution in [3.8, 4) is 0 Å². The molecular weight excluding hydrogens is 372 g/mol. The largest absolute Gasteiger partial charge is 0.353 e. The van der Waals surface area contributed by atoms with Gasteiger partial charge in [0.1, 0.15) is 0 Å². The van der Waals surface area contributed by atoms with Crippen LogP contribution in [0.1, 0.15) is 106 Å². The summed E-state index contributed by atoms with van der Waals surface area (Å²) < 4.78 is 0. The predicted molar refractivity (Wildman–Crippen MR) is 121 cm³/mol. The van der Waals surface area contributed by atoms with E-state index in [2.05, 4.69) is 52.2 Å². The molecule has 0 aliphatic heterocycles. The van der Waals surface area contributed by atoms with Crippen LogP contribution in [0.2, 0.25) is 0 Å². The molecule has 4 bridgehead atoms. The van der Waals surface area contributed by atoms with E-state index in [1.807, 2.05) is 0 Å². The van der Waals surface area contributed by atoms with Crippen molar-refractivity contribution in [1.29, 1.82) is 0 Å². The van der Waals surface area contributed by atoms with E-state index in [0.29, 0.717) is 30.2 Å². The van der Waals surface area contributed by atoms with E-state index in [1.165, 1.54) is 25.7 Å². The highest BCUT2D eigenvalue weighted by Gasteiger charge is 2.63. The van der Waals surface area contributed by atoms with Gasteiger partial charge in [0.2, 0.25) is 11.8 Å². The van der Waals surface area contributed by atoms with Crippen molar-refractivity contribution in [3.63, 3.8) is 0 Å². The lowest BCUT2D eigenvalue weighted by Gasteiger charge is -2.42. The van der Waals surface area contributed by atoms with Crippen molar-refractivity contribution in [2.24, 2.45) is 34.0 Å². The van der Waals surface area contributed by atoms with Gasteiger partial charge in [0, 0.05) is 24.4 Å². The van der Waals surface area contributed by atoms with Crippen LogP contribution in [0.15, 0.2) is 0 Å². The SMILES string of the molecule is CC1CC2CCC1(NC(=O)CCCCC(=O)NC1CC3CCC1(C)C3(C)C)C2(C)C. The second-order valence-corrected chi connectivity index (χ2v) is 12.6. The molecule has 4 rings (SSSR count). The maximum atomic E-state index is 12.7. The fourth-order valence-corrected chi connectivity index (χ4v) is 8.29. The second kappa shape index (κ2) is 7.24. The summed E-state index contributed by atoms with van der Waals surface area (Å²) in [4.78, 5) is 25.3. The molecule has 2 amide bonds. The Labute approximate surface area is 183 Å². The molecule has 0 spiro atoms. The molecule has 170 valence electrons. The number of rotatable bonds is 7. The highest BCUT2D eigenvalue weighted by atomic mass is 16.2. The molecule has 4 fully saturated rings. The van der Waals surface area contributed by atoms with Crippen molar-refractivity contribution in [1.82, 2.24) is 10.6 Å². The lowest BCUT2D eigenvalue weighted by Crippen LogP contribution is -2.56. The third-order valence-electron chi connectivity index (χ3n) is 11.1. The first-order valence-corrected chi connectivity index (χ1v) is 12.5. The molecule has 2 N–H and O–H groups in total. The van der Waals surface area contributed by atoms with E-state index in [9.17, 15) is 9.59 Å². The van der Waals surface area contributed by atoms with Crippen LogP contribution in [-0.2, 0) is 9.59 Å². The first kappa shape index (κ1) is 22.1. The second-order valence-electron chi connectivity index (χ2n) is 12.6. The van der Waals surface area contributed by atoms with Gasteiger partial charge in [-0.25, -0.2) is 0 Å². The van der Waals surface area contributed by atoms with Gasteiger partial charge < -0.3 is 10.6 Å². The minimum absolute atomic E-state index is 0.0177. The van der Waals surface area contributed by atoms with Crippen LogP contribution in [0.5, 0.6) is 0 Å². The number of carbonyl (C=O) groups excluding carboxylic acids is 2. The van der Waals surface area contributed by atoms with Gasteiger partial charge in [-0.05, 0) is 85.4 Å². The zero-order valence-electron chi connectivity index (χ0n) is 20.2. The first-order chi connectivity index (χ1) is 13.9. The van der Waals surface area contributed by atoms with Gasteiger partial charge in [-0.15, -0.1) is 0 Å². The van der Waals surface area contributed by atoms with Crippen LogP contribution in [-0.4, -0.2) is 23.4 Å². The number of amides is 2. The third-order valence-corrected chi connectivity index (χ3v) is 11.1. The predicted octanol–water partition coefficient (Wildman–Crippen LogP) is 5.21. The van der Waals surface area contributed by atoms with Gasteiger partial charge in [0.25, 0.3) is 0 Å². The highest BCUT2D eigenvalue weighted by Crippen LogP contribution is 2.65. The number of nitrogens with one attached hydrogen (secondary N) is 2. The smallest absolute Gasteiger partial charge is 0.220 e. The third kappa shape index (κ3) is 3.06. The summed E-state index contributed by atoms with van der Waals surface area (Å²) in [5, 5.41) is 6.81.